The van der Waals surface area contributed by atoms with E-state index < -0.39 is 0 Å². The summed E-state index contributed by atoms with van der Waals surface area (Å²) in [4.78, 5) is 15.9. The molecule has 0 spiro atoms. The Bertz CT molecular complexity index is 503. The van der Waals surface area contributed by atoms with Gasteiger partial charge in [-0.15, -0.1) is 0 Å². The number of carbonyl (C=O) groups excluding carboxylic acids is 1. The molecule has 0 N–H and O–H groups in total. The molecule has 1 amide bonds. The molecule has 2 aliphatic heterocycles. The van der Waals surface area contributed by atoms with Crippen molar-refractivity contribution in [3.8, 4) is 0 Å². The van der Waals surface area contributed by atoms with Gasteiger partial charge in [0.05, 0.1) is 0 Å². The van der Waals surface area contributed by atoms with E-state index in [1.807, 2.05) is 11.0 Å². The van der Waals surface area contributed by atoms with Crippen LogP contribution in [0.15, 0.2) is 18.2 Å². The first-order chi connectivity index (χ1) is 9.15. The zero-order valence-electron chi connectivity index (χ0n) is 10.9. The van der Waals surface area contributed by atoms with Gasteiger partial charge < -0.3 is 4.90 Å². The van der Waals surface area contributed by atoms with Crippen LogP contribution < -0.4 is 0 Å². The van der Waals surface area contributed by atoms with Gasteiger partial charge in [0.1, 0.15) is 5.82 Å². The van der Waals surface area contributed by atoms with Crippen molar-refractivity contribution in [2.24, 2.45) is 0 Å². The molecule has 0 bridgehead atoms. The third-order valence-corrected chi connectivity index (χ3v) is 4.19. The van der Waals surface area contributed by atoms with Gasteiger partial charge in [-0.1, -0.05) is 12.1 Å². The van der Waals surface area contributed by atoms with E-state index >= 15 is 0 Å². The van der Waals surface area contributed by atoms with Gasteiger partial charge in [0, 0.05) is 38.6 Å². The highest BCUT2D eigenvalue weighted by Gasteiger charge is 2.35. The molecule has 101 valence electrons. The maximum absolute atomic E-state index is 13.5. The van der Waals surface area contributed by atoms with Gasteiger partial charge in [-0.2, -0.15) is 0 Å². The summed E-state index contributed by atoms with van der Waals surface area (Å²) < 4.78 is 13.5. The summed E-state index contributed by atoms with van der Waals surface area (Å²) in [5.74, 6) is 0.0421. The molecule has 1 aromatic rings. The second-order valence-corrected chi connectivity index (χ2v) is 5.39. The molecule has 2 fully saturated rings. The molecule has 2 aliphatic rings. The van der Waals surface area contributed by atoms with Crippen molar-refractivity contribution in [3.05, 3.63) is 42.1 Å². The Morgan fingerprint density at radius 1 is 1.37 bits per heavy atom. The van der Waals surface area contributed by atoms with E-state index in [1.165, 1.54) is 6.07 Å². The van der Waals surface area contributed by atoms with Gasteiger partial charge in [0.2, 0.25) is 5.91 Å². The number of hydrogen-bond donors (Lipinski definition) is 0. The van der Waals surface area contributed by atoms with Gasteiger partial charge in [-0.25, -0.2) is 4.39 Å². The summed E-state index contributed by atoms with van der Waals surface area (Å²) in [6, 6.07) is 5.45. The minimum absolute atomic E-state index is 0.243. The molecule has 1 atom stereocenters. The summed E-state index contributed by atoms with van der Waals surface area (Å²) in [7, 11) is 0. The molecule has 0 aromatic heterocycles. The molecule has 3 rings (SSSR count). The molecule has 2 saturated heterocycles. The molecular formula is C15H18FN2O. The number of amides is 1. The zero-order valence-corrected chi connectivity index (χ0v) is 10.9. The van der Waals surface area contributed by atoms with Crippen molar-refractivity contribution in [1.82, 2.24) is 9.80 Å². The highest BCUT2D eigenvalue weighted by atomic mass is 19.1. The summed E-state index contributed by atoms with van der Waals surface area (Å²) >= 11 is 0. The van der Waals surface area contributed by atoms with Crippen LogP contribution in [0.5, 0.6) is 0 Å². The second-order valence-electron chi connectivity index (χ2n) is 5.39. The first-order valence-corrected chi connectivity index (χ1v) is 6.76. The van der Waals surface area contributed by atoms with Crippen LogP contribution in [0.3, 0.4) is 0 Å². The van der Waals surface area contributed by atoms with Crippen molar-refractivity contribution >= 4 is 5.91 Å². The lowest BCUT2D eigenvalue weighted by molar-refractivity contribution is -0.130. The van der Waals surface area contributed by atoms with Crippen molar-refractivity contribution in [1.29, 1.82) is 0 Å². The van der Waals surface area contributed by atoms with E-state index in [4.69, 9.17) is 0 Å². The Hall–Kier alpha value is -1.42. The normalized spacial score (nSPS) is 23.8. The van der Waals surface area contributed by atoms with Crippen molar-refractivity contribution < 1.29 is 9.18 Å². The molecule has 0 aliphatic carbocycles. The van der Waals surface area contributed by atoms with Gasteiger partial charge in [-0.05, 0) is 30.5 Å². The molecule has 4 heteroatoms. The Morgan fingerprint density at radius 2 is 2.21 bits per heavy atom. The van der Waals surface area contributed by atoms with Gasteiger partial charge in [0.25, 0.3) is 0 Å². The van der Waals surface area contributed by atoms with Crippen LogP contribution in [0.4, 0.5) is 4.39 Å². The third-order valence-electron chi connectivity index (χ3n) is 4.19. The average Bonchev–Trinajstić information content (AvgIpc) is 2.76. The van der Waals surface area contributed by atoms with E-state index in [9.17, 15) is 9.18 Å². The van der Waals surface area contributed by atoms with Crippen molar-refractivity contribution in [2.45, 2.75) is 25.4 Å². The summed E-state index contributed by atoms with van der Waals surface area (Å²) in [6.07, 6.45) is 1.63. The third kappa shape index (κ3) is 2.37. The topological polar surface area (TPSA) is 23.6 Å². The van der Waals surface area contributed by atoms with E-state index in [-0.39, 0.29) is 11.7 Å². The van der Waals surface area contributed by atoms with Crippen LogP contribution in [-0.2, 0) is 11.3 Å². The van der Waals surface area contributed by atoms with Gasteiger partial charge >= 0.3 is 0 Å². The Labute approximate surface area is 113 Å². The molecule has 2 heterocycles. The maximum Gasteiger partial charge on any atom is 0.222 e. The SMILES string of the molecule is [CH2]c1c(F)cccc1CN1CCN2C(=O)CCC2C1. The highest BCUT2D eigenvalue weighted by Crippen LogP contribution is 2.24. The molecule has 3 nitrogen and oxygen atoms in total. The van der Waals surface area contributed by atoms with Gasteiger partial charge in [0.15, 0.2) is 0 Å². The smallest absolute Gasteiger partial charge is 0.222 e. The molecule has 19 heavy (non-hydrogen) atoms. The van der Waals surface area contributed by atoms with E-state index in [1.54, 1.807) is 6.07 Å². The summed E-state index contributed by atoms with van der Waals surface area (Å²) in [5.41, 5.74) is 1.44. The van der Waals surface area contributed by atoms with Crippen LogP contribution in [0.1, 0.15) is 24.0 Å². The minimum atomic E-state index is -0.243. The molecule has 1 aromatic carbocycles. The Morgan fingerprint density at radius 3 is 3.05 bits per heavy atom. The lowest BCUT2D eigenvalue weighted by Gasteiger charge is -2.37. The number of carbonyl (C=O) groups is 1. The predicted octanol–water partition coefficient (Wildman–Crippen LogP) is 1.81. The predicted molar refractivity (Wildman–Crippen MR) is 70.9 cm³/mol. The van der Waals surface area contributed by atoms with Crippen LogP contribution in [0.2, 0.25) is 0 Å². The molecule has 0 saturated carbocycles. The molecule has 1 radical (unpaired) electrons. The summed E-state index contributed by atoms with van der Waals surface area (Å²) in [6.45, 7) is 7.06. The lowest BCUT2D eigenvalue weighted by atomic mass is 10.1. The number of rotatable bonds is 2. The number of halogens is 1. The fraction of sp³-hybridized carbons (Fsp3) is 0.467. The monoisotopic (exact) mass is 261 g/mol. The fourth-order valence-corrected chi connectivity index (χ4v) is 3.06. The zero-order chi connectivity index (χ0) is 13.4. The van der Waals surface area contributed by atoms with Crippen LogP contribution in [-0.4, -0.2) is 41.4 Å². The number of hydrogen-bond acceptors (Lipinski definition) is 2. The fourth-order valence-electron chi connectivity index (χ4n) is 3.06. The van der Waals surface area contributed by atoms with E-state index in [0.29, 0.717) is 18.0 Å². The Kier molecular flexibility index (Phi) is 3.27. The number of piperazine rings is 1. The van der Waals surface area contributed by atoms with Crippen molar-refractivity contribution in [2.75, 3.05) is 19.6 Å². The van der Waals surface area contributed by atoms with Crippen LogP contribution in [0, 0.1) is 12.7 Å². The van der Waals surface area contributed by atoms with Crippen molar-refractivity contribution in [3.63, 3.8) is 0 Å². The number of nitrogens with zero attached hydrogens (tertiary/aromatic N) is 2. The first kappa shape index (κ1) is 12.6. The first-order valence-electron chi connectivity index (χ1n) is 6.76. The Balaban J connectivity index is 1.68. The molecule has 1 unspecified atom stereocenters. The van der Waals surface area contributed by atoms with E-state index in [0.717, 1.165) is 38.2 Å². The van der Waals surface area contributed by atoms with Crippen LogP contribution in [0.25, 0.3) is 0 Å². The van der Waals surface area contributed by atoms with Crippen LogP contribution >= 0.6 is 0 Å². The van der Waals surface area contributed by atoms with E-state index in [2.05, 4.69) is 11.8 Å². The standard InChI is InChI=1S/C15H18FN2O/c1-11-12(3-2-4-14(11)16)9-17-7-8-18-13(10-17)5-6-15(18)19/h2-4,13H,1,5-10H2. The maximum atomic E-state index is 13.5. The lowest BCUT2D eigenvalue weighted by Crippen LogP contribution is -2.51. The largest absolute Gasteiger partial charge is 0.337 e. The quantitative estimate of drug-likeness (QED) is 0.810. The second kappa shape index (κ2) is 4.93. The van der Waals surface area contributed by atoms with Gasteiger partial charge in [-0.3, -0.25) is 9.69 Å². The number of fused-ring (bicyclic) bond motifs is 1. The average molecular weight is 261 g/mol. The summed E-state index contributed by atoms with van der Waals surface area (Å²) in [5, 5.41) is 0. The number of benzene rings is 1. The minimum Gasteiger partial charge on any atom is -0.337 e. The highest BCUT2D eigenvalue weighted by molar-refractivity contribution is 5.78. The molecular weight excluding hydrogens is 243 g/mol.